The molecular formula is C48H30FN3S. The molecule has 0 saturated carbocycles. The normalized spacial score (nSPS) is 11.9. The number of nitrogens with zero attached hydrogens (tertiary/aromatic N) is 3. The highest BCUT2D eigenvalue weighted by molar-refractivity contribution is 7.25. The summed E-state index contributed by atoms with van der Waals surface area (Å²) in [6.07, 6.45) is 0. The van der Waals surface area contributed by atoms with Gasteiger partial charge in [-0.05, 0) is 84.9 Å². The lowest BCUT2D eigenvalue weighted by atomic mass is 10.1. The number of para-hydroxylation sites is 3. The molecule has 0 atom stereocenters. The van der Waals surface area contributed by atoms with Crippen molar-refractivity contribution in [2.45, 2.75) is 0 Å². The third kappa shape index (κ3) is 4.64. The number of anilines is 3. The fraction of sp³-hybridized carbons (Fsp3) is 0. The number of halogens is 1. The van der Waals surface area contributed by atoms with Crippen molar-refractivity contribution in [3.63, 3.8) is 0 Å². The van der Waals surface area contributed by atoms with Crippen LogP contribution in [0.25, 0.3) is 75.2 Å². The maximum atomic E-state index is 14.8. The van der Waals surface area contributed by atoms with E-state index in [1.54, 1.807) is 12.1 Å². The van der Waals surface area contributed by atoms with Gasteiger partial charge in [0, 0.05) is 70.2 Å². The first kappa shape index (κ1) is 30.0. The number of aromatic nitrogens is 2. The Bertz CT molecular complexity index is 3210. The molecule has 0 N–H and O–H groups in total. The summed E-state index contributed by atoms with van der Waals surface area (Å²) in [6.45, 7) is 0. The summed E-state index contributed by atoms with van der Waals surface area (Å²) in [5, 5.41) is 7.21. The second-order valence-corrected chi connectivity index (χ2v) is 14.6. The van der Waals surface area contributed by atoms with Crippen LogP contribution in [0.3, 0.4) is 0 Å². The van der Waals surface area contributed by atoms with Crippen molar-refractivity contribution < 1.29 is 4.39 Å². The summed E-state index contributed by atoms with van der Waals surface area (Å²) >= 11 is 1.83. The first-order valence-corrected chi connectivity index (χ1v) is 18.6. The quantitative estimate of drug-likeness (QED) is 0.174. The smallest absolute Gasteiger partial charge is 0.125 e. The van der Waals surface area contributed by atoms with E-state index >= 15 is 0 Å². The highest BCUT2D eigenvalue weighted by Crippen LogP contribution is 2.44. The number of hydrogen-bond donors (Lipinski definition) is 0. The summed E-state index contributed by atoms with van der Waals surface area (Å²) < 4.78 is 21.8. The van der Waals surface area contributed by atoms with Gasteiger partial charge in [0.05, 0.1) is 22.1 Å². The minimum absolute atomic E-state index is 0.259. The molecule has 0 aliphatic heterocycles. The minimum atomic E-state index is -0.259. The van der Waals surface area contributed by atoms with Crippen LogP contribution in [0.4, 0.5) is 21.5 Å². The third-order valence-corrected chi connectivity index (χ3v) is 11.7. The van der Waals surface area contributed by atoms with Gasteiger partial charge in [0.1, 0.15) is 5.82 Å². The largest absolute Gasteiger partial charge is 0.310 e. The number of benzene rings is 8. The molecule has 3 heterocycles. The van der Waals surface area contributed by atoms with Gasteiger partial charge in [0.2, 0.25) is 0 Å². The molecule has 8 aromatic carbocycles. The van der Waals surface area contributed by atoms with E-state index in [4.69, 9.17) is 0 Å². The number of thiophene rings is 1. The molecule has 11 rings (SSSR count). The highest BCUT2D eigenvalue weighted by Gasteiger charge is 2.21. The molecule has 0 spiro atoms. The molecule has 0 unspecified atom stereocenters. The van der Waals surface area contributed by atoms with Gasteiger partial charge in [0.25, 0.3) is 0 Å². The summed E-state index contributed by atoms with van der Waals surface area (Å²) in [7, 11) is 0. The predicted octanol–water partition coefficient (Wildman–Crippen LogP) is 13.9. The lowest BCUT2D eigenvalue weighted by molar-refractivity contribution is 0.627. The highest BCUT2D eigenvalue weighted by atomic mass is 32.1. The fourth-order valence-electron chi connectivity index (χ4n) is 8.25. The number of rotatable bonds is 5. The van der Waals surface area contributed by atoms with Crippen molar-refractivity contribution >= 4 is 92.2 Å². The first-order valence-electron chi connectivity index (χ1n) is 17.8. The average molecular weight is 700 g/mol. The van der Waals surface area contributed by atoms with Crippen LogP contribution in [0.15, 0.2) is 182 Å². The van der Waals surface area contributed by atoms with Gasteiger partial charge in [-0.2, -0.15) is 0 Å². The molecule has 0 aliphatic carbocycles. The van der Waals surface area contributed by atoms with E-state index in [1.807, 2.05) is 23.5 Å². The Morgan fingerprint density at radius 2 is 0.849 bits per heavy atom. The molecular weight excluding hydrogens is 670 g/mol. The number of hydrogen-bond acceptors (Lipinski definition) is 2. The predicted molar refractivity (Wildman–Crippen MR) is 223 cm³/mol. The molecule has 0 bridgehead atoms. The lowest BCUT2D eigenvalue weighted by Crippen LogP contribution is -2.10. The van der Waals surface area contributed by atoms with Crippen LogP contribution in [-0.4, -0.2) is 9.13 Å². The molecule has 53 heavy (non-hydrogen) atoms. The Balaban J connectivity index is 1.20. The maximum absolute atomic E-state index is 14.8. The molecule has 0 saturated heterocycles. The molecule has 0 fully saturated rings. The molecule has 3 aromatic heterocycles. The molecule has 0 radical (unpaired) electrons. The molecule has 250 valence electrons. The molecule has 0 amide bonds. The van der Waals surface area contributed by atoms with Crippen LogP contribution < -0.4 is 4.90 Å². The Morgan fingerprint density at radius 1 is 0.358 bits per heavy atom. The van der Waals surface area contributed by atoms with E-state index in [2.05, 4.69) is 166 Å². The Kier molecular flexibility index (Phi) is 6.60. The van der Waals surface area contributed by atoms with E-state index in [0.717, 1.165) is 55.8 Å². The van der Waals surface area contributed by atoms with Crippen LogP contribution >= 0.6 is 11.3 Å². The van der Waals surface area contributed by atoms with Gasteiger partial charge in [-0.3, -0.25) is 0 Å². The Hall–Kier alpha value is -6.69. The van der Waals surface area contributed by atoms with Crippen LogP contribution in [0.1, 0.15) is 0 Å². The van der Waals surface area contributed by atoms with Crippen LogP contribution in [-0.2, 0) is 0 Å². The van der Waals surface area contributed by atoms with Gasteiger partial charge in [-0.15, -0.1) is 11.3 Å². The Labute approximate surface area is 308 Å². The summed E-state index contributed by atoms with van der Waals surface area (Å²) in [5.41, 5.74) is 9.40. The monoisotopic (exact) mass is 699 g/mol. The van der Waals surface area contributed by atoms with Crippen molar-refractivity contribution in [1.29, 1.82) is 0 Å². The third-order valence-electron chi connectivity index (χ3n) is 10.5. The maximum Gasteiger partial charge on any atom is 0.125 e. The van der Waals surface area contributed by atoms with Crippen molar-refractivity contribution in [2.24, 2.45) is 0 Å². The standard InChI is InChI=1S/C48H30FN3S/c49-31-11-10-14-33(27-31)52-44-19-8-5-16-38(44)40-25-22-35(29-46(40)52)50(36-23-26-42-41-17-6-9-20-47(41)53-48(42)30-36)34-21-24-39-37-15-4-7-18-43(37)51(45(39)28-34)32-12-2-1-3-13-32/h1-30H. The minimum Gasteiger partial charge on any atom is -0.310 e. The summed E-state index contributed by atoms with van der Waals surface area (Å²) in [5.74, 6) is -0.259. The molecule has 3 nitrogen and oxygen atoms in total. The summed E-state index contributed by atoms with van der Waals surface area (Å²) in [6, 6.07) is 63.5. The summed E-state index contributed by atoms with van der Waals surface area (Å²) in [4.78, 5) is 2.36. The van der Waals surface area contributed by atoms with Gasteiger partial charge >= 0.3 is 0 Å². The molecule has 11 aromatic rings. The van der Waals surface area contributed by atoms with Crippen LogP contribution in [0, 0.1) is 5.82 Å². The van der Waals surface area contributed by atoms with Crippen molar-refractivity contribution in [1.82, 2.24) is 9.13 Å². The zero-order valence-corrected chi connectivity index (χ0v) is 29.3. The fourth-order valence-corrected chi connectivity index (χ4v) is 9.38. The molecule has 0 aliphatic rings. The zero-order chi connectivity index (χ0) is 35.0. The van der Waals surface area contributed by atoms with E-state index in [0.29, 0.717) is 0 Å². The Morgan fingerprint density at radius 3 is 1.51 bits per heavy atom. The van der Waals surface area contributed by atoms with Crippen molar-refractivity contribution in [3.8, 4) is 11.4 Å². The molecule has 5 heteroatoms. The second-order valence-electron chi connectivity index (χ2n) is 13.5. The van der Waals surface area contributed by atoms with E-state index in [9.17, 15) is 4.39 Å². The van der Waals surface area contributed by atoms with Gasteiger partial charge in [0.15, 0.2) is 0 Å². The van der Waals surface area contributed by atoms with E-state index in [-0.39, 0.29) is 5.82 Å². The van der Waals surface area contributed by atoms with Crippen LogP contribution in [0.5, 0.6) is 0 Å². The van der Waals surface area contributed by atoms with E-state index < -0.39 is 0 Å². The second kappa shape index (κ2) is 11.7. The van der Waals surface area contributed by atoms with Crippen LogP contribution in [0.2, 0.25) is 0 Å². The average Bonchev–Trinajstić information content (AvgIpc) is 3.85. The topological polar surface area (TPSA) is 13.1 Å². The zero-order valence-electron chi connectivity index (χ0n) is 28.4. The van der Waals surface area contributed by atoms with Gasteiger partial charge in [-0.25, -0.2) is 4.39 Å². The number of fused-ring (bicyclic) bond motifs is 9. The SMILES string of the molecule is Fc1cccc(-n2c3ccccc3c3ccc(N(c4ccc5c(c4)sc4ccccc45)c4ccc5c6ccccc6n(-c6ccccc6)c5c4)cc32)c1. The van der Waals surface area contributed by atoms with E-state index in [1.165, 1.54) is 42.5 Å². The van der Waals surface area contributed by atoms with Gasteiger partial charge in [-0.1, -0.05) is 97.1 Å². The van der Waals surface area contributed by atoms with Crippen molar-refractivity contribution in [3.05, 3.63) is 188 Å². The van der Waals surface area contributed by atoms with Gasteiger partial charge < -0.3 is 14.0 Å². The lowest BCUT2D eigenvalue weighted by Gasteiger charge is -2.26. The first-order chi connectivity index (χ1) is 26.2. The van der Waals surface area contributed by atoms with Crippen molar-refractivity contribution in [2.75, 3.05) is 4.90 Å².